The molecule has 0 bridgehead atoms. The molecule has 0 aliphatic rings. The van der Waals surface area contributed by atoms with Gasteiger partial charge < -0.3 is 9.84 Å². The number of halogens is 1. The fourth-order valence-corrected chi connectivity index (χ4v) is 1.89. The quantitative estimate of drug-likeness (QED) is 0.892. The number of aliphatic hydroxyl groups is 1. The topological polar surface area (TPSA) is 29.5 Å². The second-order valence-electron chi connectivity index (χ2n) is 4.66. The van der Waals surface area contributed by atoms with Gasteiger partial charge >= 0.3 is 0 Å². The molecule has 0 heterocycles. The highest BCUT2D eigenvalue weighted by atomic mass is 19.1. The molecule has 3 heteroatoms. The normalized spacial score (nSPS) is 12.3. The van der Waals surface area contributed by atoms with Gasteiger partial charge in [-0.1, -0.05) is 12.1 Å². The van der Waals surface area contributed by atoms with E-state index in [-0.39, 0.29) is 5.82 Å². The molecule has 1 atom stereocenters. The van der Waals surface area contributed by atoms with Crippen molar-refractivity contribution in [1.82, 2.24) is 0 Å². The summed E-state index contributed by atoms with van der Waals surface area (Å²) < 4.78 is 19.0. The van der Waals surface area contributed by atoms with Crippen LogP contribution in [0.15, 0.2) is 36.4 Å². The average molecular weight is 260 g/mol. The highest BCUT2D eigenvalue weighted by Crippen LogP contribution is 2.32. The molecular weight excluding hydrogens is 243 g/mol. The van der Waals surface area contributed by atoms with Crippen LogP contribution < -0.4 is 4.74 Å². The molecule has 1 N–H and O–H groups in total. The van der Waals surface area contributed by atoms with Crippen LogP contribution in [0.25, 0.3) is 0 Å². The number of aliphatic hydroxyl groups excluding tert-OH is 1. The Hall–Kier alpha value is -1.87. The van der Waals surface area contributed by atoms with Crippen LogP contribution in [-0.2, 0) is 0 Å². The van der Waals surface area contributed by atoms with E-state index in [1.165, 1.54) is 12.1 Å². The van der Waals surface area contributed by atoms with Gasteiger partial charge in [-0.3, -0.25) is 0 Å². The number of benzene rings is 2. The van der Waals surface area contributed by atoms with Gasteiger partial charge in [0.2, 0.25) is 0 Å². The maximum Gasteiger partial charge on any atom is 0.133 e. The largest absolute Gasteiger partial charge is 0.457 e. The lowest BCUT2D eigenvalue weighted by molar-refractivity contribution is 0.195. The number of hydrogen-bond acceptors (Lipinski definition) is 2. The summed E-state index contributed by atoms with van der Waals surface area (Å²) in [7, 11) is 0. The first-order chi connectivity index (χ1) is 8.99. The van der Waals surface area contributed by atoms with E-state index in [2.05, 4.69) is 0 Å². The molecule has 0 saturated heterocycles. The zero-order chi connectivity index (χ0) is 14.0. The van der Waals surface area contributed by atoms with Gasteiger partial charge in [-0.05, 0) is 56.2 Å². The molecule has 100 valence electrons. The van der Waals surface area contributed by atoms with Crippen LogP contribution in [0.2, 0.25) is 0 Å². The number of aryl methyl sites for hydroxylation is 1. The number of ether oxygens (including phenoxy) is 1. The summed E-state index contributed by atoms with van der Waals surface area (Å²) in [6.45, 7) is 5.56. The van der Waals surface area contributed by atoms with Gasteiger partial charge in [-0.25, -0.2) is 4.39 Å². The molecule has 0 saturated carbocycles. The second-order valence-corrected chi connectivity index (χ2v) is 4.66. The molecule has 19 heavy (non-hydrogen) atoms. The number of hydrogen-bond donors (Lipinski definition) is 1. The molecule has 2 nitrogen and oxygen atoms in total. The molecule has 2 aromatic carbocycles. The van der Waals surface area contributed by atoms with Gasteiger partial charge in [0.15, 0.2) is 0 Å². The number of rotatable bonds is 3. The Labute approximate surface area is 112 Å². The Morgan fingerprint density at radius 3 is 2.53 bits per heavy atom. The van der Waals surface area contributed by atoms with Gasteiger partial charge in [0.1, 0.15) is 17.3 Å². The second kappa shape index (κ2) is 5.41. The van der Waals surface area contributed by atoms with E-state index in [1.54, 1.807) is 13.0 Å². The smallest absolute Gasteiger partial charge is 0.133 e. The fraction of sp³-hybridized carbons (Fsp3) is 0.250. The van der Waals surface area contributed by atoms with Crippen molar-refractivity contribution in [2.24, 2.45) is 0 Å². The van der Waals surface area contributed by atoms with E-state index in [4.69, 9.17) is 4.74 Å². The summed E-state index contributed by atoms with van der Waals surface area (Å²) in [5, 5.41) is 9.68. The third-order valence-electron chi connectivity index (χ3n) is 3.20. The first-order valence-electron chi connectivity index (χ1n) is 6.20. The van der Waals surface area contributed by atoms with E-state index >= 15 is 0 Å². The van der Waals surface area contributed by atoms with Gasteiger partial charge in [0.05, 0.1) is 6.10 Å². The summed E-state index contributed by atoms with van der Waals surface area (Å²) in [6.07, 6.45) is -0.782. The maximum atomic E-state index is 13.2. The minimum Gasteiger partial charge on any atom is -0.457 e. The molecule has 1 unspecified atom stereocenters. The van der Waals surface area contributed by atoms with E-state index in [0.29, 0.717) is 17.1 Å². The van der Waals surface area contributed by atoms with Crippen LogP contribution >= 0.6 is 0 Å². The van der Waals surface area contributed by atoms with Crippen LogP contribution in [0.4, 0.5) is 4.39 Å². The molecule has 0 radical (unpaired) electrons. The highest BCUT2D eigenvalue weighted by Gasteiger charge is 2.12. The monoisotopic (exact) mass is 260 g/mol. The molecule has 0 fully saturated rings. The molecule has 0 amide bonds. The molecule has 0 aromatic heterocycles. The first-order valence-corrected chi connectivity index (χ1v) is 6.20. The maximum absolute atomic E-state index is 13.2. The Morgan fingerprint density at radius 1 is 1.11 bits per heavy atom. The van der Waals surface area contributed by atoms with Crippen LogP contribution in [0.1, 0.15) is 29.7 Å². The van der Waals surface area contributed by atoms with Crippen molar-refractivity contribution in [2.45, 2.75) is 26.9 Å². The average Bonchev–Trinajstić information content (AvgIpc) is 2.36. The van der Waals surface area contributed by atoms with Crippen molar-refractivity contribution < 1.29 is 14.2 Å². The molecule has 0 aliphatic carbocycles. The van der Waals surface area contributed by atoms with Crippen LogP contribution in [0.5, 0.6) is 11.5 Å². The van der Waals surface area contributed by atoms with E-state index in [0.717, 1.165) is 11.1 Å². The van der Waals surface area contributed by atoms with Gasteiger partial charge in [-0.15, -0.1) is 0 Å². The van der Waals surface area contributed by atoms with Crippen molar-refractivity contribution in [3.63, 3.8) is 0 Å². The summed E-state index contributed by atoms with van der Waals surface area (Å²) in [6, 6.07) is 9.93. The predicted octanol–water partition coefficient (Wildman–Crippen LogP) is 4.29. The molecule has 2 aromatic rings. The van der Waals surface area contributed by atoms with E-state index in [9.17, 15) is 9.50 Å². The van der Waals surface area contributed by atoms with Crippen molar-refractivity contribution in [3.8, 4) is 11.5 Å². The van der Waals surface area contributed by atoms with Crippen molar-refractivity contribution in [3.05, 3.63) is 58.9 Å². The van der Waals surface area contributed by atoms with E-state index in [1.807, 2.05) is 32.0 Å². The minimum absolute atomic E-state index is 0.385. The lowest BCUT2D eigenvalue weighted by Crippen LogP contribution is -1.98. The summed E-state index contributed by atoms with van der Waals surface area (Å²) in [4.78, 5) is 0. The Balaban J connectivity index is 2.41. The van der Waals surface area contributed by atoms with Crippen LogP contribution in [-0.4, -0.2) is 5.11 Å². The van der Waals surface area contributed by atoms with Gasteiger partial charge in [-0.2, -0.15) is 0 Å². The zero-order valence-electron chi connectivity index (χ0n) is 11.3. The van der Waals surface area contributed by atoms with Crippen molar-refractivity contribution in [2.75, 3.05) is 0 Å². The highest BCUT2D eigenvalue weighted by molar-refractivity contribution is 5.44. The Bertz CT molecular complexity index is 591. The SMILES string of the molecule is Cc1cccc(Oc2ccc(F)cc2C(C)O)c1C. The molecule has 0 spiro atoms. The summed E-state index contributed by atoms with van der Waals surface area (Å²) in [5.74, 6) is 0.808. The van der Waals surface area contributed by atoms with Crippen molar-refractivity contribution >= 4 is 0 Å². The third kappa shape index (κ3) is 2.93. The lowest BCUT2D eigenvalue weighted by atomic mass is 10.1. The van der Waals surface area contributed by atoms with Crippen LogP contribution in [0.3, 0.4) is 0 Å². The standard InChI is InChI=1S/C16H17FO2/c1-10-5-4-6-15(11(10)2)19-16-8-7-13(17)9-14(16)12(3)18/h4-9,12,18H,1-3H3. The summed E-state index contributed by atoms with van der Waals surface area (Å²) in [5.41, 5.74) is 2.60. The van der Waals surface area contributed by atoms with Gasteiger partial charge in [0.25, 0.3) is 0 Å². The summed E-state index contributed by atoms with van der Waals surface area (Å²) >= 11 is 0. The predicted molar refractivity (Wildman–Crippen MR) is 73.0 cm³/mol. The fourth-order valence-electron chi connectivity index (χ4n) is 1.89. The zero-order valence-corrected chi connectivity index (χ0v) is 11.3. The third-order valence-corrected chi connectivity index (χ3v) is 3.20. The van der Waals surface area contributed by atoms with Crippen LogP contribution in [0, 0.1) is 19.7 Å². The molecule has 0 aliphatic heterocycles. The Morgan fingerprint density at radius 2 is 1.84 bits per heavy atom. The van der Waals surface area contributed by atoms with Gasteiger partial charge in [0, 0.05) is 5.56 Å². The Kier molecular flexibility index (Phi) is 3.86. The van der Waals surface area contributed by atoms with E-state index < -0.39 is 6.10 Å². The minimum atomic E-state index is -0.782. The van der Waals surface area contributed by atoms with Crippen molar-refractivity contribution in [1.29, 1.82) is 0 Å². The first kappa shape index (κ1) is 13.6. The lowest BCUT2D eigenvalue weighted by Gasteiger charge is -2.15. The molecule has 2 rings (SSSR count). The molecular formula is C16H17FO2.